The van der Waals surface area contributed by atoms with Crippen molar-refractivity contribution < 1.29 is 4.39 Å². The van der Waals surface area contributed by atoms with Crippen LogP contribution in [0.25, 0.3) is 0 Å². The lowest BCUT2D eigenvalue weighted by molar-refractivity contribution is 0.318. The summed E-state index contributed by atoms with van der Waals surface area (Å²) in [5.41, 5.74) is 2.64. The highest BCUT2D eigenvalue weighted by atomic mass is 79.9. The molecule has 2 aromatic rings. The number of rotatable bonds is 4. The van der Waals surface area contributed by atoms with Gasteiger partial charge in [-0.15, -0.1) is 0 Å². The largest absolute Gasteiger partial charge is 0.298 e. The topological polar surface area (TPSA) is 27.0 Å². The minimum Gasteiger partial charge on any atom is -0.298 e. The van der Waals surface area contributed by atoms with Crippen molar-refractivity contribution in [2.24, 2.45) is 0 Å². The molecule has 0 atom stereocenters. The summed E-state index contributed by atoms with van der Waals surface area (Å²) in [6.45, 7) is 1.36. The van der Waals surface area contributed by atoms with Crippen molar-refractivity contribution in [3.05, 3.63) is 69.4 Å². The molecule has 2 rings (SSSR count). The van der Waals surface area contributed by atoms with Crippen molar-refractivity contribution in [3.63, 3.8) is 0 Å². The molecule has 0 saturated carbocycles. The highest BCUT2D eigenvalue weighted by Crippen LogP contribution is 2.17. The first-order chi connectivity index (χ1) is 9.56. The summed E-state index contributed by atoms with van der Waals surface area (Å²) in [7, 11) is 1.97. The second-order valence-electron chi connectivity index (χ2n) is 4.76. The summed E-state index contributed by atoms with van der Waals surface area (Å²) in [4.78, 5) is 2.08. The van der Waals surface area contributed by atoms with Gasteiger partial charge in [-0.3, -0.25) is 4.90 Å². The zero-order chi connectivity index (χ0) is 14.5. The van der Waals surface area contributed by atoms with Crippen molar-refractivity contribution in [1.82, 2.24) is 4.90 Å². The molecule has 0 aliphatic rings. The fourth-order valence-electron chi connectivity index (χ4n) is 2.12. The molecule has 0 aliphatic heterocycles. The Hall–Kier alpha value is -1.70. The zero-order valence-electron chi connectivity index (χ0n) is 11.1. The lowest BCUT2D eigenvalue weighted by Gasteiger charge is -2.17. The van der Waals surface area contributed by atoms with Crippen LogP contribution in [-0.2, 0) is 13.1 Å². The maximum absolute atomic E-state index is 13.3. The van der Waals surface area contributed by atoms with Gasteiger partial charge in [-0.05, 0) is 48.5 Å². The normalized spacial score (nSPS) is 10.6. The average Bonchev–Trinajstić information content (AvgIpc) is 2.37. The lowest BCUT2D eigenvalue weighted by atomic mass is 10.1. The molecule has 0 aromatic heterocycles. The molecule has 0 N–H and O–H groups in total. The van der Waals surface area contributed by atoms with Crippen molar-refractivity contribution in [3.8, 4) is 6.07 Å². The monoisotopic (exact) mass is 332 g/mol. The Kier molecular flexibility index (Phi) is 4.89. The van der Waals surface area contributed by atoms with Crippen molar-refractivity contribution in [2.45, 2.75) is 13.1 Å². The molecule has 102 valence electrons. The van der Waals surface area contributed by atoms with Gasteiger partial charge in [0.15, 0.2) is 0 Å². The van der Waals surface area contributed by atoms with Gasteiger partial charge in [0, 0.05) is 17.6 Å². The summed E-state index contributed by atoms with van der Waals surface area (Å²) >= 11 is 3.29. The third-order valence-electron chi connectivity index (χ3n) is 2.88. The zero-order valence-corrected chi connectivity index (χ0v) is 12.7. The standard InChI is InChI=1S/C16H14BrFN2/c1-20(10-13-4-2-3-12(5-13)9-19)11-14-6-15(17)8-16(18)7-14/h2-8H,10-11H2,1H3. The van der Waals surface area contributed by atoms with E-state index in [4.69, 9.17) is 5.26 Å². The summed E-state index contributed by atoms with van der Waals surface area (Å²) in [6.07, 6.45) is 0. The molecule has 20 heavy (non-hydrogen) atoms. The smallest absolute Gasteiger partial charge is 0.124 e. The van der Waals surface area contributed by atoms with E-state index in [1.54, 1.807) is 6.07 Å². The van der Waals surface area contributed by atoms with Gasteiger partial charge in [0.1, 0.15) is 5.82 Å². The average molecular weight is 333 g/mol. The minimum absolute atomic E-state index is 0.241. The van der Waals surface area contributed by atoms with E-state index in [1.165, 1.54) is 12.1 Å². The van der Waals surface area contributed by atoms with Crippen LogP contribution in [0.1, 0.15) is 16.7 Å². The number of nitriles is 1. The van der Waals surface area contributed by atoms with Gasteiger partial charge >= 0.3 is 0 Å². The molecule has 0 unspecified atom stereocenters. The van der Waals surface area contributed by atoms with Gasteiger partial charge in [0.25, 0.3) is 0 Å². The van der Waals surface area contributed by atoms with Gasteiger partial charge in [-0.25, -0.2) is 4.39 Å². The quantitative estimate of drug-likeness (QED) is 0.843. The third-order valence-corrected chi connectivity index (χ3v) is 3.34. The van der Waals surface area contributed by atoms with Gasteiger partial charge in [-0.2, -0.15) is 5.26 Å². The molecular weight excluding hydrogens is 319 g/mol. The Labute approximate surface area is 126 Å². The summed E-state index contributed by atoms with van der Waals surface area (Å²) in [5.74, 6) is -0.241. The molecule has 0 bridgehead atoms. The molecule has 0 heterocycles. The van der Waals surface area contributed by atoms with Crippen LogP contribution in [0.2, 0.25) is 0 Å². The molecule has 0 amide bonds. The highest BCUT2D eigenvalue weighted by Gasteiger charge is 2.05. The second kappa shape index (κ2) is 6.65. The molecule has 0 saturated heterocycles. The molecule has 2 nitrogen and oxygen atoms in total. The lowest BCUT2D eigenvalue weighted by Crippen LogP contribution is -2.17. The van der Waals surface area contributed by atoms with E-state index >= 15 is 0 Å². The van der Waals surface area contributed by atoms with E-state index in [0.29, 0.717) is 18.7 Å². The first-order valence-electron chi connectivity index (χ1n) is 6.19. The fraction of sp³-hybridized carbons (Fsp3) is 0.188. The van der Waals surface area contributed by atoms with Crippen LogP contribution in [0.4, 0.5) is 4.39 Å². The summed E-state index contributed by atoms with van der Waals surface area (Å²) in [6, 6.07) is 14.5. The molecule has 4 heteroatoms. The second-order valence-corrected chi connectivity index (χ2v) is 5.68. The number of hydrogen-bond donors (Lipinski definition) is 0. The van der Waals surface area contributed by atoms with Gasteiger partial charge in [0.2, 0.25) is 0 Å². The number of halogens is 2. The molecular formula is C16H14BrFN2. The van der Waals surface area contributed by atoms with E-state index in [1.807, 2.05) is 31.3 Å². The van der Waals surface area contributed by atoms with Crippen LogP contribution in [0, 0.1) is 17.1 Å². The Morgan fingerprint density at radius 3 is 2.60 bits per heavy atom. The number of nitrogens with zero attached hydrogens (tertiary/aromatic N) is 2. The predicted molar refractivity (Wildman–Crippen MR) is 80.4 cm³/mol. The minimum atomic E-state index is -0.241. The van der Waals surface area contributed by atoms with Gasteiger partial charge in [-0.1, -0.05) is 28.1 Å². The van der Waals surface area contributed by atoms with Crippen LogP contribution >= 0.6 is 15.9 Å². The van der Waals surface area contributed by atoms with Crippen LogP contribution < -0.4 is 0 Å². The molecule has 0 aliphatic carbocycles. The third kappa shape index (κ3) is 4.16. The van der Waals surface area contributed by atoms with Crippen molar-refractivity contribution in [2.75, 3.05) is 7.05 Å². The predicted octanol–water partition coefficient (Wildman–Crippen LogP) is 4.09. The van der Waals surface area contributed by atoms with E-state index in [2.05, 4.69) is 26.9 Å². The highest BCUT2D eigenvalue weighted by molar-refractivity contribution is 9.10. The van der Waals surface area contributed by atoms with Gasteiger partial charge in [0.05, 0.1) is 11.6 Å². The Bertz CT molecular complexity index is 629. The Balaban J connectivity index is 2.05. The maximum Gasteiger partial charge on any atom is 0.124 e. The molecule has 0 radical (unpaired) electrons. The Morgan fingerprint density at radius 2 is 1.90 bits per heavy atom. The fourth-order valence-corrected chi connectivity index (χ4v) is 2.63. The van der Waals surface area contributed by atoms with Gasteiger partial charge < -0.3 is 0 Å². The van der Waals surface area contributed by atoms with Crippen LogP contribution in [0.5, 0.6) is 0 Å². The summed E-state index contributed by atoms with van der Waals surface area (Å²) < 4.78 is 14.1. The van der Waals surface area contributed by atoms with Crippen LogP contribution in [0.3, 0.4) is 0 Å². The van der Waals surface area contributed by atoms with E-state index in [0.717, 1.165) is 15.6 Å². The van der Waals surface area contributed by atoms with E-state index in [-0.39, 0.29) is 5.82 Å². The summed E-state index contributed by atoms with van der Waals surface area (Å²) in [5, 5.41) is 8.88. The van der Waals surface area contributed by atoms with Crippen molar-refractivity contribution in [1.29, 1.82) is 5.26 Å². The SMILES string of the molecule is CN(Cc1cc(F)cc(Br)c1)Cc1cccc(C#N)c1. The first kappa shape index (κ1) is 14.7. The molecule has 0 spiro atoms. The first-order valence-corrected chi connectivity index (χ1v) is 6.98. The van der Waals surface area contributed by atoms with Crippen molar-refractivity contribution >= 4 is 15.9 Å². The van der Waals surface area contributed by atoms with E-state index in [9.17, 15) is 4.39 Å². The number of hydrogen-bond acceptors (Lipinski definition) is 2. The molecule has 2 aromatic carbocycles. The molecule has 0 fully saturated rings. The number of benzene rings is 2. The van der Waals surface area contributed by atoms with E-state index < -0.39 is 0 Å². The Morgan fingerprint density at radius 1 is 1.15 bits per heavy atom. The van der Waals surface area contributed by atoms with Crippen LogP contribution in [0.15, 0.2) is 46.9 Å². The maximum atomic E-state index is 13.3. The van der Waals surface area contributed by atoms with Crippen LogP contribution in [-0.4, -0.2) is 11.9 Å².